The van der Waals surface area contributed by atoms with Gasteiger partial charge in [0.25, 0.3) is 0 Å². The monoisotopic (exact) mass is 614 g/mol. The second-order valence-corrected chi connectivity index (χ2v) is 15.3. The van der Waals surface area contributed by atoms with E-state index in [-0.39, 0.29) is 31.1 Å². The molecule has 0 aromatic carbocycles. The maximum atomic E-state index is 12.7. The lowest BCUT2D eigenvalue weighted by Crippen LogP contribution is -2.63. The minimum absolute atomic E-state index is 0.0338. The van der Waals surface area contributed by atoms with Gasteiger partial charge in [-0.1, -0.05) is 66.7 Å². The van der Waals surface area contributed by atoms with Gasteiger partial charge < -0.3 is 24.8 Å². The summed E-state index contributed by atoms with van der Waals surface area (Å²) in [5.41, 5.74) is 2.43. The summed E-state index contributed by atoms with van der Waals surface area (Å²) < 4.78 is 11.8. The Labute approximate surface area is 263 Å². The highest BCUT2D eigenvalue weighted by molar-refractivity contribution is 5.76. The van der Waals surface area contributed by atoms with E-state index in [1.54, 1.807) is 0 Å². The minimum atomic E-state index is -1.09. The van der Waals surface area contributed by atoms with Crippen LogP contribution in [-0.4, -0.2) is 57.6 Å². The number of aliphatic hydroxyl groups excluding tert-OH is 2. The lowest BCUT2D eigenvalue weighted by molar-refractivity contribution is -0.194. The zero-order valence-corrected chi connectivity index (χ0v) is 27.9. The van der Waals surface area contributed by atoms with Crippen molar-refractivity contribution in [2.75, 3.05) is 0 Å². The van der Waals surface area contributed by atoms with Gasteiger partial charge in [-0.2, -0.15) is 0 Å². The Bertz CT molecular complexity index is 1240. The number of ether oxygens (including phenoxy) is 2. The van der Waals surface area contributed by atoms with Crippen LogP contribution in [-0.2, 0) is 23.9 Å². The van der Waals surface area contributed by atoms with Crippen molar-refractivity contribution < 1.29 is 39.2 Å². The maximum absolute atomic E-state index is 12.7. The molecule has 0 spiro atoms. The van der Waals surface area contributed by atoms with E-state index in [2.05, 4.69) is 47.3 Å². The topological polar surface area (TPSA) is 130 Å². The van der Waals surface area contributed by atoms with Crippen molar-refractivity contribution >= 4 is 17.9 Å². The lowest BCUT2D eigenvalue weighted by Gasteiger charge is -2.62. The van der Waals surface area contributed by atoms with Gasteiger partial charge in [-0.25, -0.2) is 0 Å². The molecule has 0 aromatic rings. The maximum Gasteiger partial charge on any atom is 0.306 e. The van der Waals surface area contributed by atoms with Gasteiger partial charge in [-0.3, -0.25) is 14.4 Å². The van der Waals surface area contributed by atoms with E-state index < -0.39 is 58.6 Å². The van der Waals surface area contributed by atoms with Crippen molar-refractivity contribution in [1.29, 1.82) is 0 Å². The van der Waals surface area contributed by atoms with E-state index >= 15 is 0 Å². The summed E-state index contributed by atoms with van der Waals surface area (Å²) in [4.78, 5) is 36.3. The fourth-order valence-corrected chi connectivity index (χ4v) is 9.57. The SMILES string of the molecule is C=C(CC[C@@H](C)[C@H]1CC=C2C3=C([C@@H](O)[C@H](OC(C)=O)[C@@]21C)[C@@]1(C)C[C@@H](OC(=O)CCC(=O)O)[C@H](O)C(C)(C)C1CC3)C(C)C. The zero-order valence-electron chi connectivity index (χ0n) is 27.9. The Morgan fingerprint density at radius 2 is 1.70 bits per heavy atom. The molecule has 4 aliphatic rings. The van der Waals surface area contributed by atoms with Crippen LogP contribution in [0.5, 0.6) is 0 Å². The van der Waals surface area contributed by atoms with E-state index in [4.69, 9.17) is 14.6 Å². The summed E-state index contributed by atoms with van der Waals surface area (Å²) in [7, 11) is 0. The first-order valence-corrected chi connectivity index (χ1v) is 16.4. The summed E-state index contributed by atoms with van der Waals surface area (Å²) in [6.45, 7) is 20.4. The lowest BCUT2D eigenvalue weighted by atomic mass is 9.45. The Morgan fingerprint density at radius 1 is 1.05 bits per heavy atom. The zero-order chi connectivity index (χ0) is 32.9. The summed E-state index contributed by atoms with van der Waals surface area (Å²) in [6.07, 6.45) is 2.56. The molecule has 44 heavy (non-hydrogen) atoms. The van der Waals surface area contributed by atoms with Gasteiger partial charge in [0.1, 0.15) is 18.3 Å². The second kappa shape index (κ2) is 12.4. The summed E-state index contributed by atoms with van der Waals surface area (Å²) in [6, 6.07) is 0. The molecule has 246 valence electrons. The van der Waals surface area contributed by atoms with Crippen LogP contribution >= 0.6 is 0 Å². The minimum Gasteiger partial charge on any atom is -0.481 e. The van der Waals surface area contributed by atoms with Crippen molar-refractivity contribution in [3.63, 3.8) is 0 Å². The molecule has 3 N–H and O–H groups in total. The molecule has 0 amide bonds. The Balaban J connectivity index is 1.75. The van der Waals surface area contributed by atoms with E-state index in [0.717, 1.165) is 48.8 Å². The number of esters is 2. The molecule has 0 radical (unpaired) electrons. The van der Waals surface area contributed by atoms with Gasteiger partial charge >= 0.3 is 17.9 Å². The number of carboxylic acids is 1. The molecule has 0 aromatic heterocycles. The van der Waals surface area contributed by atoms with Gasteiger partial charge in [0.2, 0.25) is 0 Å². The van der Waals surface area contributed by atoms with Crippen molar-refractivity contribution in [3.05, 3.63) is 34.9 Å². The highest BCUT2D eigenvalue weighted by Gasteiger charge is 2.65. The Hall–Kier alpha value is -2.45. The number of hydrogen-bond acceptors (Lipinski definition) is 7. The van der Waals surface area contributed by atoms with Crippen LogP contribution in [0.1, 0.15) is 107 Å². The number of fused-ring (bicyclic) bond motifs is 4. The molecule has 4 aliphatic carbocycles. The number of carbonyl (C=O) groups is 3. The number of aliphatic carboxylic acids is 1. The molecule has 1 unspecified atom stereocenters. The van der Waals surface area contributed by atoms with Crippen LogP contribution in [0.4, 0.5) is 0 Å². The van der Waals surface area contributed by atoms with Gasteiger partial charge in [0, 0.05) is 12.3 Å². The van der Waals surface area contributed by atoms with Crippen LogP contribution in [0, 0.1) is 39.9 Å². The predicted octanol–water partition coefficient (Wildman–Crippen LogP) is 6.15. The Kier molecular flexibility index (Phi) is 9.69. The molecule has 8 nitrogen and oxygen atoms in total. The standard InChI is InChI=1S/C36H54O8/c1-19(2)20(3)10-11-21(4)24-13-14-25-23-12-15-27-34(6,7)32(42)26(44-29(40)17-16-28(38)39)18-35(27,8)30(23)31(41)33(36(24,25)9)43-22(5)37/h14,19,21,24,26-27,31-33,41-42H,3,10-13,15-18H2,1-2,4-9H3,(H,38,39)/t21-,24-,26-,27?,31-,32+,33+,35+,36-/m1/s1. The van der Waals surface area contributed by atoms with Crippen LogP contribution in [0.15, 0.2) is 34.9 Å². The van der Waals surface area contributed by atoms with Gasteiger partial charge in [-0.05, 0) is 89.7 Å². The molecule has 8 heteroatoms. The molecular formula is C36H54O8. The molecule has 1 saturated carbocycles. The quantitative estimate of drug-likeness (QED) is 0.197. The number of hydrogen-bond donors (Lipinski definition) is 3. The van der Waals surface area contributed by atoms with Crippen LogP contribution in [0.3, 0.4) is 0 Å². The van der Waals surface area contributed by atoms with Gasteiger partial charge in [0.15, 0.2) is 0 Å². The Morgan fingerprint density at radius 3 is 2.30 bits per heavy atom. The molecule has 0 bridgehead atoms. The number of allylic oxidation sites excluding steroid dienone is 3. The largest absolute Gasteiger partial charge is 0.481 e. The number of rotatable bonds is 10. The fraction of sp³-hybridized carbons (Fsp3) is 0.750. The third-order valence-electron chi connectivity index (χ3n) is 12.0. The van der Waals surface area contributed by atoms with E-state index in [9.17, 15) is 24.6 Å². The number of aliphatic hydroxyl groups is 2. The first kappa shape index (κ1) is 34.4. The second-order valence-electron chi connectivity index (χ2n) is 15.3. The number of carbonyl (C=O) groups excluding carboxylic acids is 2. The molecule has 0 aliphatic heterocycles. The van der Waals surface area contributed by atoms with E-state index in [1.165, 1.54) is 12.5 Å². The molecule has 0 heterocycles. The van der Waals surface area contributed by atoms with E-state index in [0.29, 0.717) is 11.8 Å². The van der Waals surface area contributed by atoms with Crippen LogP contribution in [0.2, 0.25) is 0 Å². The molecule has 4 rings (SSSR count). The molecule has 0 saturated heterocycles. The molecule has 9 atom stereocenters. The van der Waals surface area contributed by atoms with Crippen molar-refractivity contribution in [1.82, 2.24) is 0 Å². The number of carboxylic acid groups (broad SMARTS) is 1. The molecular weight excluding hydrogens is 560 g/mol. The first-order valence-electron chi connectivity index (χ1n) is 16.4. The van der Waals surface area contributed by atoms with Crippen LogP contribution in [0.25, 0.3) is 0 Å². The van der Waals surface area contributed by atoms with Crippen LogP contribution < -0.4 is 0 Å². The molecule has 1 fully saturated rings. The highest BCUT2D eigenvalue weighted by Crippen LogP contribution is 2.67. The smallest absolute Gasteiger partial charge is 0.306 e. The van der Waals surface area contributed by atoms with E-state index in [1.807, 2.05) is 13.8 Å². The third kappa shape index (κ3) is 5.81. The highest BCUT2D eigenvalue weighted by atomic mass is 16.6. The average Bonchev–Trinajstić information content (AvgIpc) is 3.28. The normalized spacial score (nSPS) is 36.5. The van der Waals surface area contributed by atoms with Gasteiger partial charge in [-0.15, -0.1) is 0 Å². The van der Waals surface area contributed by atoms with Crippen molar-refractivity contribution in [3.8, 4) is 0 Å². The van der Waals surface area contributed by atoms with Crippen molar-refractivity contribution in [2.24, 2.45) is 39.9 Å². The summed E-state index contributed by atoms with van der Waals surface area (Å²) >= 11 is 0. The third-order valence-corrected chi connectivity index (χ3v) is 12.0. The fourth-order valence-electron chi connectivity index (χ4n) is 9.57. The average molecular weight is 615 g/mol. The summed E-state index contributed by atoms with van der Waals surface area (Å²) in [5, 5.41) is 32.9. The predicted molar refractivity (Wildman–Crippen MR) is 167 cm³/mol. The first-order chi connectivity index (χ1) is 20.4. The summed E-state index contributed by atoms with van der Waals surface area (Å²) in [5.74, 6) is -1.33. The van der Waals surface area contributed by atoms with Gasteiger partial charge in [0.05, 0.1) is 18.9 Å². The van der Waals surface area contributed by atoms with Crippen molar-refractivity contribution in [2.45, 2.75) is 131 Å².